The molecule has 5 rings (SSSR count). The van der Waals surface area contributed by atoms with Crippen LogP contribution in [0.2, 0.25) is 0 Å². The van der Waals surface area contributed by atoms with Crippen LogP contribution < -0.4 is 10.2 Å². The minimum atomic E-state index is -0.795. The summed E-state index contributed by atoms with van der Waals surface area (Å²) in [5.74, 6) is -1.53. The third kappa shape index (κ3) is 3.93. The van der Waals surface area contributed by atoms with Crippen molar-refractivity contribution in [3.63, 3.8) is 0 Å². The van der Waals surface area contributed by atoms with Gasteiger partial charge in [-0.25, -0.2) is 8.78 Å². The number of rotatable bonds is 5. The molecule has 7 heteroatoms. The molecule has 3 aromatic rings. The van der Waals surface area contributed by atoms with Crippen molar-refractivity contribution in [2.75, 3.05) is 29.9 Å². The Labute approximate surface area is 179 Å². The van der Waals surface area contributed by atoms with Crippen molar-refractivity contribution in [1.29, 1.82) is 0 Å². The fourth-order valence-electron chi connectivity index (χ4n) is 4.61. The molecule has 1 saturated heterocycles. The predicted octanol–water partition coefficient (Wildman–Crippen LogP) is 4.45. The first-order valence-corrected chi connectivity index (χ1v) is 10.5. The zero-order valence-corrected chi connectivity index (χ0v) is 17.0. The third-order valence-corrected chi connectivity index (χ3v) is 6.13. The van der Waals surface area contributed by atoms with E-state index < -0.39 is 11.6 Å². The Morgan fingerprint density at radius 1 is 1.13 bits per heavy atom. The number of carbonyl (C=O) groups is 1. The second-order valence-corrected chi connectivity index (χ2v) is 8.11. The van der Waals surface area contributed by atoms with Crippen molar-refractivity contribution < 1.29 is 18.0 Å². The molecule has 0 saturated carbocycles. The summed E-state index contributed by atoms with van der Waals surface area (Å²) in [6.07, 6.45) is 3.37. The highest BCUT2D eigenvalue weighted by molar-refractivity contribution is 6.02. The molecule has 0 aliphatic carbocycles. The molecule has 1 unspecified atom stereocenters. The van der Waals surface area contributed by atoms with Gasteiger partial charge in [0.05, 0.1) is 6.26 Å². The molecular formula is C24H23F2N3O2. The van der Waals surface area contributed by atoms with Crippen LogP contribution in [-0.4, -0.2) is 36.5 Å². The summed E-state index contributed by atoms with van der Waals surface area (Å²) < 4.78 is 32.7. The van der Waals surface area contributed by atoms with E-state index in [9.17, 15) is 13.6 Å². The molecule has 1 fully saturated rings. The fourth-order valence-corrected chi connectivity index (χ4v) is 4.61. The molecule has 160 valence electrons. The van der Waals surface area contributed by atoms with Crippen LogP contribution in [0.3, 0.4) is 0 Å². The molecule has 3 heterocycles. The zero-order valence-electron chi connectivity index (χ0n) is 17.0. The number of halogens is 2. The molecular weight excluding hydrogens is 400 g/mol. The second-order valence-electron chi connectivity index (χ2n) is 8.11. The number of fused-ring (bicyclic) bond motifs is 1. The Bertz CT molecular complexity index is 1100. The van der Waals surface area contributed by atoms with Crippen molar-refractivity contribution in [2.45, 2.75) is 25.4 Å². The van der Waals surface area contributed by atoms with Gasteiger partial charge in [0.15, 0.2) is 17.4 Å². The summed E-state index contributed by atoms with van der Waals surface area (Å²) >= 11 is 0. The Hall–Kier alpha value is -3.19. The molecule has 1 amide bonds. The van der Waals surface area contributed by atoms with E-state index in [-0.39, 0.29) is 11.7 Å². The maximum absolute atomic E-state index is 14.0. The maximum atomic E-state index is 14.0. The van der Waals surface area contributed by atoms with E-state index in [0.717, 1.165) is 44.2 Å². The maximum Gasteiger partial charge on any atom is 0.291 e. The van der Waals surface area contributed by atoms with Gasteiger partial charge in [0.2, 0.25) is 0 Å². The van der Waals surface area contributed by atoms with Gasteiger partial charge in [0.25, 0.3) is 5.91 Å². The van der Waals surface area contributed by atoms with Gasteiger partial charge in [-0.05, 0) is 54.8 Å². The van der Waals surface area contributed by atoms with Gasteiger partial charge in [-0.3, -0.25) is 9.69 Å². The van der Waals surface area contributed by atoms with Crippen LogP contribution in [0, 0.1) is 11.6 Å². The number of anilines is 2. The minimum Gasteiger partial charge on any atom is -0.459 e. The van der Waals surface area contributed by atoms with Gasteiger partial charge in [0.1, 0.15) is 0 Å². The van der Waals surface area contributed by atoms with Crippen molar-refractivity contribution in [3.8, 4) is 0 Å². The van der Waals surface area contributed by atoms with Crippen LogP contribution >= 0.6 is 0 Å². The van der Waals surface area contributed by atoms with Crippen molar-refractivity contribution in [2.24, 2.45) is 0 Å². The summed E-state index contributed by atoms with van der Waals surface area (Å²) in [6.45, 7) is 2.99. The van der Waals surface area contributed by atoms with Crippen LogP contribution in [0.25, 0.3) is 0 Å². The highest BCUT2D eigenvalue weighted by Gasteiger charge is 2.32. The molecule has 2 aliphatic rings. The highest BCUT2D eigenvalue weighted by atomic mass is 19.2. The van der Waals surface area contributed by atoms with E-state index in [0.29, 0.717) is 18.2 Å². The topological polar surface area (TPSA) is 48.7 Å². The fraction of sp³-hybridized carbons (Fsp3) is 0.292. The smallest absolute Gasteiger partial charge is 0.291 e. The van der Waals surface area contributed by atoms with Gasteiger partial charge in [-0.15, -0.1) is 0 Å². The lowest BCUT2D eigenvalue weighted by Gasteiger charge is -2.27. The van der Waals surface area contributed by atoms with Crippen LogP contribution in [0.15, 0.2) is 59.2 Å². The van der Waals surface area contributed by atoms with Crippen LogP contribution in [0.4, 0.5) is 20.2 Å². The van der Waals surface area contributed by atoms with E-state index in [4.69, 9.17) is 4.42 Å². The number of amides is 1. The molecule has 2 aliphatic heterocycles. The van der Waals surface area contributed by atoms with E-state index in [1.54, 1.807) is 24.3 Å². The predicted molar refractivity (Wildman–Crippen MR) is 114 cm³/mol. The summed E-state index contributed by atoms with van der Waals surface area (Å²) in [7, 11) is 0. The van der Waals surface area contributed by atoms with Crippen LogP contribution in [0.5, 0.6) is 0 Å². The average molecular weight is 423 g/mol. The van der Waals surface area contributed by atoms with E-state index >= 15 is 0 Å². The number of carbonyl (C=O) groups excluding carboxylic acids is 1. The van der Waals surface area contributed by atoms with Gasteiger partial charge in [-0.2, -0.15) is 0 Å². The summed E-state index contributed by atoms with van der Waals surface area (Å²) in [5, 5.41) is 2.88. The van der Waals surface area contributed by atoms with Gasteiger partial charge >= 0.3 is 0 Å². The first-order valence-electron chi connectivity index (χ1n) is 10.5. The Balaban J connectivity index is 1.24. The van der Waals surface area contributed by atoms with E-state index in [1.165, 1.54) is 17.5 Å². The number of hydrogen-bond acceptors (Lipinski definition) is 4. The number of nitrogens with zero attached hydrogens (tertiary/aromatic N) is 2. The average Bonchev–Trinajstić information content (AvgIpc) is 3.51. The second kappa shape index (κ2) is 8.15. The number of benzene rings is 2. The summed E-state index contributed by atoms with van der Waals surface area (Å²) in [6, 6.07) is 14.0. The molecule has 1 N–H and O–H groups in total. The molecule has 1 atom stereocenters. The van der Waals surface area contributed by atoms with Crippen LogP contribution in [-0.2, 0) is 13.0 Å². The zero-order chi connectivity index (χ0) is 21.4. The normalized spacial score (nSPS) is 18.4. The number of nitrogens with one attached hydrogen (secondary N) is 1. The molecule has 0 radical (unpaired) electrons. The van der Waals surface area contributed by atoms with E-state index in [1.807, 2.05) is 12.1 Å². The molecule has 1 aromatic heterocycles. The molecule has 5 nitrogen and oxygen atoms in total. The minimum absolute atomic E-state index is 0.268. The SMILES string of the molecule is O=C(Nc1ccc2c(c1)CCN2C1CCN(Cc2cccc(F)c2F)C1)c1ccco1. The summed E-state index contributed by atoms with van der Waals surface area (Å²) in [5.41, 5.74) is 3.53. The Kier molecular flexibility index (Phi) is 5.19. The highest BCUT2D eigenvalue weighted by Crippen LogP contribution is 2.34. The first-order chi connectivity index (χ1) is 15.1. The monoisotopic (exact) mass is 423 g/mol. The quantitative estimate of drug-likeness (QED) is 0.659. The molecule has 0 bridgehead atoms. The van der Waals surface area contributed by atoms with Crippen LogP contribution in [0.1, 0.15) is 28.1 Å². The first kappa shape index (κ1) is 19.8. The van der Waals surface area contributed by atoms with Gasteiger partial charge in [0, 0.05) is 49.2 Å². The van der Waals surface area contributed by atoms with Crippen molar-refractivity contribution in [1.82, 2.24) is 4.90 Å². The number of furan rings is 1. The Morgan fingerprint density at radius 2 is 2.03 bits per heavy atom. The van der Waals surface area contributed by atoms with Gasteiger partial charge in [-0.1, -0.05) is 12.1 Å². The molecule has 2 aromatic carbocycles. The summed E-state index contributed by atoms with van der Waals surface area (Å²) in [4.78, 5) is 16.8. The van der Waals surface area contributed by atoms with Crippen molar-refractivity contribution >= 4 is 17.3 Å². The van der Waals surface area contributed by atoms with Crippen molar-refractivity contribution in [3.05, 3.63) is 83.3 Å². The lowest BCUT2D eigenvalue weighted by Crippen LogP contribution is -2.36. The van der Waals surface area contributed by atoms with E-state index in [2.05, 4.69) is 21.2 Å². The standard InChI is InChI=1S/C24H23F2N3O2/c25-20-4-1-3-17(23(20)26)14-28-10-9-19(15-28)29-11-8-16-13-18(6-7-21(16)29)27-24(30)22-5-2-12-31-22/h1-7,12-13,19H,8-11,14-15H2,(H,27,30). The lowest BCUT2D eigenvalue weighted by atomic mass is 10.1. The molecule has 0 spiro atoms. The van der Waals surface area contributed by atoms with Gasteiger partial charge < -0.3 is 14.6 Å². The Morgan fingerprint density at radius 3 is 2.87 bits per heavy atom. The molecule has 31 heavy (non-hydrogen) atoms. The lowest BCUT2D eigenvalue weighted by molar-refractivity contribution is 0.0996. The number of hydrogen-bond donors (Lipinski definition) is 1. The number of likely N-dealkylation sites (tertiary alicyclic amines) is 1. The largest absolute Gasteiger partial charge is 0.459 e. The third-order valence-electron chi connectivity index (χ3n) is 6.13.